The summed E-state index contributed by atoms with van der Waals surface area (Å²) in [5.74, 6) is -2.11. The maximum absolute atomic E-state index is 13.0. The summed E-state index contributed by atoms with van der Waals surface area (Å²) in [5.41, 5.74) is -0.0348. The third-order valence-corrected chi connectivity index (χ3v) is 7.23. The Balaban J connectivity index is 1.66. The quantitative estimate of drug-likeness (QED) is 0.132. The number of hydrogen-bond donors (Lipinski definition) is 3. The summed E-state index contributed by atoms with van der Waals surface area (Å²) in [6.07, 6.45) is 0. The molecule has 0 aromatic carbocycles. The number of anilines is 1. The van der Waals surface area contributed by atoms with Crippen LogP contribution in [0.15, 0.2) is 21.8 Å². The SMILES string of the molecule is CO/N=C(\C(=O)N[C@@H]1C(=O)N2C(C(=O)OCOC(=O)C(C)(C)C)=C(C)CS[C@H]12)c1csc(NCO)n1. The zero-order valence-corrected chi connectivity index (χ0v) is 21.9. The number of carbonyl (C=O) groups excluding carboxylic acids is 4. The Hall–Kier alpha value is -3.17. The van der Waals surface area contributed by atoms with E-state index < -0.39 is 47.4 Å². The lowest BCUT2D eigenvalue weighted by Gasteiger charge is -2.49. The number of nitrogens with one attached hydrogen (secondary N) is 2. The molecule has 0 aliphatic carbocycles. The number of oxime groups is 1. The molecule has 0 radical (unpaired) electrons. The van der Waals surface area contributed by atoms with Crippen LogP contribution in [0, 0.1) is 5.41 Å². The molecule has 2 atom stereocenters. The molecule has 36 heavy (non-hydrogen) atoms. The van der Waals surface area contributed by atoms with E-state index in [2.05, 4.69) is 20.8 Å². The van der Waals surface area contributed by atoms with Gasteiger partial charge in [0.05, 0.1) is 5.41 Å². The topological polar surface area (TPSA) is 169 Å². The van der Waals surface area contributed by atoms with Gasteiger partial charge in [-0.25, -0.2) is 9.78 Å². The first-order chi connectivity index (χ1) is 17.0. The Bertz CT molecular complexity index is 1110. The fourth-order valence-corrected chi connectivity index (χ4v) is 5.20. The Morgan fingerprint density at radius 1 is 1.31 bits per heavy atom. The number of aliphatic hydroxyl groups excluding tert-OH is 1. The normalized spacial score (nSPS) is 19.8. The summed E-state index contributed by atoms with van der Waals surface area (Å²) in [7, 11) is 1.27. The lowest BCUT2D eigenvalue weighted by molar-refractivity contribution is -0.173. The number of thiazole rings is 1. The van der Waals surface area contributed by atoms with E-state index in [1.165, 1.54) is 23.8 Å². The number of nitrogens with zero attached hydrogens (tertiary/aromatic N) is 3. The van der Waals surface area contributed by atoms with Crippen LogP contribution in [0.25, 0.3) is 0 Å². The van der Waals surface area contributed by atoms with Gasteiger partial charge in [0, 0.05) is 11.1 Å². The van der Waals surface area contributed by atoms with E-state index in [0.29, 0.717) is 16.5 Å². The number of rotatable bonds is 9. The van der Waals surface area contributed by atoms with Crippen molar-refractivity contribution in [3.8, 4) is 0 Å². The highest BCUT2D eigenvalue weighted by molar-refractivity contribution is 8.00. The molecule has 3 N–H and O–H groups in total. The van der Waals surface area contributed by atoms with E-state index in [4.69, 9.17) is 19.4 Å². The van der Waals surface area contributed by atoms with Gasteiger partial charge in [0.1, 0.15) is 36.6 Å². The second-order valence-electron chi connectivity index (χ2n) is 8.72. The monoisotopic (exact) mass is 541 g/mol. The molecule has 2 amide bonds. The predicted octanol–water partition coefficient (Wildman–Crippen LogP) is 0.619. The molecular formula is C21H27N5O8S2. The lowest BCUT2D eigenvalue weighted by Crippen LogP contribution is -2.71. The number of β-lactam (4-membered cyclic amide) rings is 1. The molecule has 3 rings (SSSR count). The van der Waals surface area contributed by atoms with Gasteiger partial charge in [-0.15, -0.1) is 23.1 Å². The van der Waals surface area contributed by atoms with Crippen molar-refractivity contribution in [1.29, 1.82) is 0 Å². The van der Waals surface area contributed by atoms with Crippen LogP contribution in [0.1, 0.15) is 33.4 Å². The van der Waals surface area contributed by atoms with Crippen molar-refractivity contribution >= 4 is 57.7 Å². The van der Waals surface area contributed by atoms with Crippen molar-refractivity contribution in [2.24, 2.45) is 10.6 Å². The molecule has 1 fully saturated rings. The molecular weight excluding hydrogens is 514 g/mol. The molecule has 0 bridgehead atoms. The largest absolute Gasteiger partial charge is 0.427 e. The van der Waals surface area contributed by atoms with E-state index in [-0.39, 0.29) is 23.8 Å². The first kappa shape index (κ1) is 27.4. The summed E-state index contributed by atoms with van der Waals surface area (Å²) in [5, 5.41) is 19.3. The number of thioether (sulfide) groups is 1. The molecule has 0 saturated carbocycles. The van der Waals surface area contributed by atoms with Crippen LogP contribution in [-0.4, -0.2) is 82.3 Å². The number of esters is 2. The molecule has 1 saturated heterocycles. The molecule has 0 spiro atoms. The standard InChI is InChI=1S/C21H27N5O8S2/c1-10-6-35-17-13(24-15(28)12(25-32-5)11-7-36-20(23-11)22-8-27)16(29)26(17)14(10)18(30)33-9-34-19(31)21(2,3)4/h7,13,17,27H,6,8-9H2,1-5H3,(H,22,23)(H,24,28)/b25-12-/t13-,17-/m1/s1. The van der Waals surface area contributed by atoms with Crippen molar-refractivity contribution in [2.45, 2.75) is 39.1 Å². The molecule has 13 nitrogen and oxygen atoms in total. The van der Waals surface area contributed by atoms with Crippen LogP contribution in [0.4, 0.5) is 5.13 Å². The molecule has 196 valence electrons. The van der Waals surface area contributed by atoms with E-state index in [9.17, 15) is 19.2 Å². The number of aliphatic hydroxyl groups is 1. The van der Waals surface area contributed by atoms with Gasteiger partial charge in [0.25, 0.3) is 11.8 Å². The first-order valence-electron chi connectivity index (χ1n) is 10.7. The highest BCUT2D eigenvalue weighted by Gasteiger charge is 2.54. The van der Waals surface area contributed by atoms with Gasteiger partial charge in [-0.3, -0.25) is 19.3 Å². The van der Waals surface area contributed by atoms with Gasteiger partial charge in [-0.1, -0.05) is 5.16 Å². The fraction of sp³-hybridized carbons (Fsp3) is 0.524. The highest BCUT2D eigenvalue weighted by Crippen LogP contribution is 2.40. The van der Waals surface area contributed by atoms with Crippen molar-refractivity contribution < 1.29 is 38.6 Å². The minimum Gasteiger partial charge on any atom is -0.427 e. The summed E-state index contributed by atoms with van der Waals surface area (Å²) in [4.78, 5) is 60.7. The maximum atomic E-state index is 13.0. The summed E-state index contributed by atoms with van der Waals surface area (Å²) in [6.45, 7) is 5.79. The molecule has 0 unspecified atom stereocenters. The average Bonchev–Trinajstić information content (AvgIpc) is 3.28. The zero-order valence-electron chi connectivity index (χ0n) is 20.3. The van der Waals surface area contributed by atoms with Gasteiger partial charge >= 0.3 is 11.9 Å². The van der Waals surface area contributed by atoms with Crippen molar-refractivity contribution in [1.82, 2.24) is 15.2 Å². The summed E-state index contributed by atoms with van der Waals surface area (Å²) in [6, 6.07) is -0.923. The van der Waals surface area contributed by atoms with Gasteiger partial charge in [0.15, 0.2) is 10.8 Å². The molecule has 2 aliphatic rings. The van der Waals surface area contributed by atoms with Crippen LogP contribution < -0.4 is 10.6 Å². The molecule has 15 heteroatoms. The smallest absolute Gasteiger partial charge is 0.357 e. The minimum absolute atomic E-state index is 0.0612. The number of carbonyl (C=O) groups is 4. The van der Waals surface area contributed by atoms with Crippen LogP contribution >= 0.6 is 23.1 Å². The third-order valence-electron chi connectivity index (χ3n) is 5.01. The van der Waals surface area contributed by atoms with Crippen molar-refractivity contribution in [3.63, 3.8) is 0 Å². The van der Waals surface area contributed by atoms with E-state index in [1.807, 2.05) is 0 Å². The first-order valence-corrected chi connectivity index (χ1v) is 12.6. The van der Waals surface area contributed by atoms with Crippen molar-refractivity contribution in [2.75, 3.05) is 31.7 Å². The Kier molecular flexibility index (Phi) is 8.58. The number of ether oxygens (including phenoxy) is 2. The van der Waals surface area contributed by atoms with Gasteiger partial charge in [-0.2, -0.15) is 0 Å². The maximum Gasteiger partial charge on any atom is 0.357 e. The average molecular weight is 542 g/mol. The highest BCUT2D eigenvalue weighted by atomic mass is 32.2. The molecule has 1 aromatic rings. The van der Waals surface area contributed by atoms with Crippen LogP contribution in [0.3, 0.4) is 0 Å². The summed E-state index contributed by atoms with van der Waals surface area (Å²) < 4.78 is 10.1. The van der Waals surface area contributed by atoms with Gasteiger partial charge in [-0.05, 0) is 33.3 Å². The molecule has 1 aromatic heterocycles. The Labute approximate surface area is 215 Å². The van der Waals surface area contributed by atoms with Crippen LogP contribution in [0.2, 0.25) is 0 Å². The molecule has 3 heterocycles. The Morgan fingerprint density at radius 3 is 2.67 bits per heavy atom. The number of fused-ring (bicyclic) bond motifs is 1. The van der Waals surface area contributed by atoms with Crippen LogP contribution in [0.5, 0.6) is 0 Å². The zero-order chi connectivity index (χ0) is 26.6. The lowest BCUT2D eigenvalue weighted by atomic mass is 9.98. The number of aromatic nitrogens is 1. The Morgan fingerprint density at radius 2 is 2.03 bits per heavy atom. The second kappa shape index (κ2) is 11.3. The van der Waals surface area contributed by atoms with Crippen molar-refractivity contribution in [3.05, 3.63) is 22.3 Å². The van der Waals surface area contributed by atoms with Crippen LogP contribution in [-0.2, 0) is 33.5 Å². The van der Waals surface area contributed by atoms with Gasteiger partial charge < -0.3 is 30.1 Å². The minimum atomic E-state index is -0.923. The molecule has 2 aliphatic heterocycles. The fourth-order valence-electron chi connectivity index (χ4n) is 3.22. The second-order valence-corrected chi connectivity index (χ2v) is 10.7. The third kappa shape index (κ3) is 5.79. The van der Waals surface area contributed by atoms with E-state index in [1.54, 1.807) is 33.1 Å². The van der Waals surface area contributed by atoms with E-state index in [0.717, 1.165) is 11.3 Å². The van der Waals surface area contributed by atoms with Gasteiger partial charge in [0.2, 0.25) is 6.79 Å². The number of hydrogen-bond acceptors (Lipinski definition) is 13. The van der Waals surface area contributed by atoms with E-state index >= 15 is 0 Å². The number of amides is 2. The summed E-state index contributed by atoms with van der Waals surface area (Å²) >= 11 is 2.53. The predicted molar refractivity (Wildman–Crippen MR) is 131 cm³/mol.